The maximum Gasteiger partial charge on any atom is 0.239 e. The molecular formula is C30H39N5O3S. The van der Waals surface area contributed by atoms with Crippen molar-refractivity contribution in [2.24, 2.45) is 11.3 Å². The fourth-order valence-electron chi connectivity index (χ4n) is 7.27. The zero-order valence-electron chi connectivity index (χ0n) is 23.2. The van der Waals surface area contributed by atoms with Gasteiger partial charge >= 0.3 is 0 Å². The van der Waals surface area contributed by atoms with Gasteiger partial charge in [-0.1, -0.05) is 0 Å². The Bertz CT molecular complexity index is 1400. The fourth-order valence-corrected chi connectivity index (χ4v) is 9.32. The molecule has 3 heterocycles. The molecule has 9 heteroatoms. The number of carbonyl (C=O) groups is 1. The number of likely N-dealkylation sites (tertiary alicyclic amines) is 1. The van der Waals surface area contributed by atoms with E-state index in [0.29, 0.717) is 22.8 Å². The standard InChI is InChI=1S/C30H39N5O3S/c1-19(2)34-14-12-29(13-15-34)16-24(17-29)39(37,38)23-8-6-22(7-9-23)32-28-31-18-25-26(33-28)35(20(3)21-4-5-21)27(36)30(25)10-11-30/h6-9,18-21,24H,4-5,10-17H2,1-3H3,(H,31,32,33). The fraction of sp³-hybridized carbons (Fsp3) is 0.633. The molecule has 3 aliphatic carbocycles. The smallest absolute Gasteiger partial charge is 0.239 e. The maximum absolute atomic E-state index is 13.4. The van der Waals surface area contributed by atoms with Gasteiger partial charge < -0.3 is 10.2 Å². The van der Waals surface area contributed by atoms with Crippen LogP contribution in [-0.2, 0) is 20.0 Å². The lowest BCUT2D eigenvalue weighted by molar-refractivity contribution is -0.120. The lowest BCUT2D eigenvalue weighted by Gasteiger charge is -2.52. The summed E-state index contributed by atoms with van der Waals surface area (Å²) in [4.78, 5) is 27.4. The third-order valence-electron chi connectivity index (χ3n) is 10.4. The van der Waals surface area contributed by atoms with Crippen LogP contribution >= 0.6 is 0 Å². The summed E-state index contributed by atoms with van der Waals surface area (Å²) in [7, 11) is -3.35. The number of sulfone groups is 1. The van der Waals surface area contributed by atoms with Crippen molar-refractivity contribution >= 4 is 33.2 Å². The van der Waals surface area contributed by atoms with Gasteiger partial charge in [0.05, 0.1) is 15.6 Å². The summed E-state index contributed by atoms with van der Waals surface area (Å²) in [6.45, 7) is 8.74. The molecule has 1 saturated heterocycles. The van der Waals surface area contributed by atoms with E-state index in [1.807, 2.05) is 11.1 Å². The Morgan fingerprint density at radius 2 is 1.67 bits per heavy atom. The summed E-state index contributed by atoms with van der Waals surface area (Å²) in [6, 6.07) is 7.67. The number of hydrogen-bond acceptors (Lipinski definition) is 7. The van der Waals surface area contributed by atoms with Crippen LogP contribution in [0.2, 0.25) is 0 Å². The number of anilines is 3. The normalized spacial score (nSPS) is 24.7. The van der Waals surface area contributed by atoms with Crippen molar-refractivity contribution < 1.29 is 13.2 Å². The van der Waals surface area contributed by atoms with E-state index in [9.17, 15) is 13.2 Å². The minimum atomic E-state index is -3.35. The highest BCUT2D eigenvalue weighted by atomic mass is 32.2. The van der Waals surface area contributed by atoms with Crippen LogP contribution < -0.4 is 10.2 Å². The van der Waals surface area contributed by atoms with Gasteiger partial charge in [-0.05, 0) is 121 Å². The summed E-state index contributed by atoms with van der Waals surface area (Å²) < 4.78 is 26.8. The van der Waals surface area contributed by atoms with Crippen LogP contribution in [0.15, 0.2) is 35.4 Å². The number of benzene rings is 1. The molecule has 8 nitrogen and oxygen atoms in total. The van der Waals surface area contributed by atoms with E-state index in [1.54, 1.807) is 24.3 Å². The van der Waals surface area contributed by atoms with E-state index in [4.69, 9.17) is 4.98 Å². The van der Waals surface area contributed by atoms with Gasteiger partial charge in [0, 0.05) is 29.5 Å². The maximum atomic E-state index is 13.4. The second kappa shape index (κ2) is 8.74. The van der Waals surface area contributed by atoms with Crippen LogP contribution in [0.25, 0.3) is 0 Å². The van der Waals surface area contributed by atoms with Crippen molar-refractivity contribution in [1.29, 1.82) is 0 Å². The number of hydrogen-bond donors (Lipinski definition) is 1. The number of nitrogens with zero attached hydrogens (tertiary/aromatic N) is 4. The first-order valence-electron chi connectivity index (χ1n) is 14.7. The van der Waals surface area contributed by atoms with Crippen molar-refractivity contribution in [2.45, 2.75) is 99.8 Å². The average Bonchev–Trinajstić information content (AvgIpc) is 3.82. The Kier molecular flexibility index (Phi) is 5.70. The quantitative estimate of drug-likeness (QED) is 0.529. The molecule has 2 aromatic rings. The van der Waals surface area contributed by atoms with Gasteiger partial charge in [-0.15, -0.1) is 0 Å². The summed E-state index contributed by atoms with van der Waals surface area (Å²) in [6.07, 6.45) is 9.64. The van der Waals surface area contributed by atoms with Gasteiger partial charge in [0.15, 0.2) is 9.84 Å². The van der Waals surface area contributed by atoms with E-state index in [2.05, 4.69) is 36.0 Å². The molecule has 39 heavy (non-hydrogen) atoms. The zero-order valence-corrected chi connectivity index (χ0v) is 24.0. The summed E-state index contributed by atoms with van der Waals surface area (Å²) in [5.41, 5.74) is 1.49. The molecule has 7 rings (SSSR count). The lowest BCUT2D eigenvalue weighted by Crippen LogP contribution is -2.52. The van der Waals surface area contributed by atoms with E-state index in [-0.39, 0.29) is 22.6 Å². The average molecular weight is 550 g/mol. The minimum absolute atomic E-state index is 0.150. The molecule has 208 valence electrons. The van der Waals surface area contributed by atoms with Crippen LogP contribution in [0.4, 0.5) is 17.5 Å². The molecule has 1 N–H and O–H groups in total. The van der Waals surface area contributed by atoms with E-state index in [0.717, 1.165) is 81.5 Å². The second-order valence-electron chi connectivity index (χ2n) is 13.1. The molecular weight excluding hydrogens is 510 g/mol. The molecule has 0 radical (unpaired) electrons. The molecule has 5 aliphatic rings. The summed E-state index contributed by atoms with van der Waals surface area (Å²) >= 11 is 0. The first-order chi connectivity index (χ1) is 18.6. The molecule has 1 unspecified atom stereocenters. The van der Waals surface area contributed by atoms with Crippen molar-refractivity contribution in [3.8, 4) is 0 Å². The van der Waals surface area contributed by atoms with Crippen LogP contribution in [0.5, 0.6) is 0 Å². The highest BCUT2D eigenvalue weighted by molar-refractivity contribution is 7.92. The number of aromatic nitrogens is 2. The van der Waals surface area contributed by atoms with Gasteiger partial charge in [-0.3, -0.25) is 9.69 Å². The molecule has 2 aliphatic heterocycles. The Hall–Kier alpha value is -2.52. The molecule has 2 spiro atoms. The van der Waals surface area contributed by atoms with Crippen molar-refractivity contribution in [3.63, 3.8) is 0 Å². The van der Waals surface area contributed by atoms with E-state index in [1.165, 1.54) is 0 Å². The van der Waals surface area contributed by atoms with Crippen molar-refractivity contribution in [2.75, 3.05) is 23.3 Å². The monoisotopic (exact) mass is 549 g/mol. The zero-order chi connectivity index (χ0) is 27.2. The first-order valence-corrected chi connectivity index (χ1v) is 16.2. The molecule has 1 atom stereocenters. The number of nitrogens with one attached hydrogen (secondary N) is 1. The summed E-state index contributed by atoms with van der Waals surface area (Å²) in [5, 5.41) is 2.95. The topological polar surface area (TPSA) is 95.5 Å². The van der Waals surface area contributed by atoms with Crippen molar-refractivity contribution in [3.05, 3.63) is 36.0 Å². The number of carbonyl (C=O) groups excluding carboxylic acids is 1. The van der Waals surface area contributed by atoms with Gasteiger partial charge in [0.25, 0.3) is 0 Å². The highest BCUT2D eigenvalue weighted by Gasteiger charge is 2.62. The molecule has 1 amide bonds. The molecule has 3 saturated carbocycles. The van der Waals surface area contributed by atoms with Crippen LogP contribution in [0.3, 0.4) is 0 Å². The van der Waals surface area contributed by atoms with Crippen molar-refractivity contribution in [1.82, 2.24) is 14.9 Å². The number of fused-ring (bicyclic) bond motifs is 2. The van der Waals surface area contributed by atoms with E-state index >= 15 is 0 Å². The Balaban J connectivity index is 1.04. The number of rotatable bonds is 7. The SMILES string of the molecule is CC(C)N1CCC2(CC1)CC(S(=O)(=O)c1ccc(Nc3ncc4c(n3)N(C(C)C3CC3)C(=O)C43CC3)cc1)C2. The first kappa shape index (κ1) is 25.4. The van der Waals surface area contributed by atoms with Crippen LogP contribution in [0, 0.1) is 11.3 Å². The Labute approximate surface area is 231 Å². The predicted octanol–water partition coefficient (Wildman–Crippen LogP) is 4.82. The largest absolute Gasteiger partial charge is 0.324 e. The third-order valence-corrected chi connectivity index (χ3v) is 12.5. The minimum Gasteiger partial charge on any atom is -0.324 e. The third kappa shape index (κ3) is 4.10. The molecule has 1 aromatic heterocycles. The van der Waals surface area contributed by atoms with Gasteiger partial charge in [-0.2, -0.15) is 4.98 Å². The van der Waals surface area contributed by atoms with Crippen LogP contribution in [0.1, 0.15) is 77.7 Å². The molecule has 1 aromatic carbocycles. The molecule has 0 bridgehead atoms. The number of piperidine rings is 1. The van der Waals surface area contributed by atoms with Gasteiger partial charge in [-0.25, -0.2) is 13.4 Å². The van der Waals surface area contributed by atoms with Gasteiger partial charge in [0.2, 0.25) is 11.9 Å². The van der Waals surface area contributed by atoms with Gasteiger partial charge in [0.1, 0.15) is 5.82 Å². The Morgan fingerprint density at radius 1 is 1.00 bits per heavy atom. The summed E-state index contributed by atoms with van der Waals surface area (Å²) in [5.74, 6) is 1.90. The molecule has 4 fully saturated rings. The lowest BCUT2D eigenvalue weighted by atomic mass is 9.63. The van der Waals surface area contributed by atoms with Crippen LogP contribution in [-0.4, -0.2) is 59.6 Å². The number of amides is 1. The second-order valence-corrected chi connectivity index (χ2v) is 15.3. The predicted molar refractivity (Wildman–Crippen MR) is 151 cm³/mol. The Morgan fingerprint density at radius 3 is 2.26 bits per heavy atom. The highest BCUT2D eigenvalue weighted by Crippen LogP contribution is 2.58. The van der Waals surface area contributed by atoms with E-state index < -0.39 is 15.3 Å².